The van der Waals surface area contributed by atoms with Crippen LogP contribution in [0.25, 0.3) is 6.08 Å². The monoisotopic (exact) mass is 263 g/mol. The predicted molar refractivity (Wildman–Crippen MR) is 80.6 cm³/mol. The van der Waals surface area contributed by atoms with Crippen LogP contribution in [-0.4, -0.2) is 20.3 Å². The standard InChI is InChI=1S/C16H25NO2/c1-5-8-19-16-10-13(6-7-15(16)18-4)9-14(11-17)12(2)3/h6-7,9-10,12H,5,8,11,17H2,1-4H3. The summed E-state index contributed by atoms with van der Waals surface area (Å²) in [5.41, 5.74) is 8.10. The highest BCUT2D eigenvalue weighted by Gasteiger charge is 2.06. The molecule has 0 radical (unpaired) electrons. The van der Waals surface area contributed by atoms with Gasteiger partial charge in [0.15, 0.2) is 11.5 Å². The summed E-state index contributed by atoms with van der Waals surface area (Å²) in [6.07, 6.45) is 3.10. The molecule has 0 atom stereocenters. The zero-order valence-corrected chi connectivity index (χ0v) is 12.4. The van der Waals surface area contributed by atoms with Gasteiger partial charge in [0.1, 0.15) is 0 Å². The Kier molecular flexibility index (Phi) is 6.43. The molecule has 0 saturated heterocycles. The van der Waals surface area contributed by atoms with Crippen molar-refractivity contribution in [1.82, 2.24) is 0 Å². The molecule has 0 unspecified atom stereocenters. The van der Waals surface area contributed by atoms with Crippen molar-refractivity contribution in [2.24, 2.45) is 11.7 Å². The lowest BCUT2D eigenvalue weighted by Gasteiger charge is -2.12. The summed E-state index contributed by atoms with van der Waals surface area (Å²) in [6, 6.07) is 5.97. The van der Waals surface area contributed by atoms with Gasteiger partial charge < -0.3 is 15.2 Å². The first-order valence-corrected chi connectivity index (χ1v) is 6.83. The van der Waals surface area contributed by atoms with Crippen LogP contribution in [0.4, 0.5) is 0 Å². The maximum absolute atomic E-state index is 5.77. The van der Waals surface area contributed by atoms with Gasteiger partial charge in [-0.3, -0.25) is 0 Å². The fourth-order valence-electron chi connectivity index (χ4n) is 1.78. The average Bonchev–Trinajstić information content (AvgIpc) is 2.42. The largest absolute Gasteiger partial charge is 0.493 e. The van der Waals surface area contributed by atoms with Crippen molar-refractivity contribution in [2.45, 2.75) is 27.2 Å². The predicted octanol–water partition coefficient (Wildman–Crippen LogP) is 3.48. The summed E-state index contributed by atoms with van der Waals surface area (Å²) in [4.78, 5) is 0. The van der Waals surface area contributed by atoms with E-state index in [1.807, 2.05) is 18.2 Å². The van der Waals surface area contributed by atoms with Crippen molar-refractivity contribution in [1.29, 1.82) is 0 Å². The van der Waals surface area contributed by atoms with Gasteiger partial charge in [-0.1, -0.05) is 38.5 Å². The van der Waals surface area contributed by atoms with E-state index in [2.05, 4.69) is 26.8 Å². The second-order valence-electron chi connectivity index (χ2n) is 4.84. The molecule has 0 aliphatic heterocycles. The van der Waals surface area contributed by atoms with Crippen LogP contribution in [0.2, 0.25) is 0 Å². The molecule has 0 spiro atoms. The summed E-state index contributed by atoms with van der Waals surface area (Å²) in [7, 11) is 1.66. The van der Waals surface area contributed by atoms with Gasteiger partial charge in [-0.05, 0) is 30.0 Å². The second-order valence-corrected chi connectivity index (χ2v) is 4.84. The van der Waals surface area contributed by atoms with Crippen LogP contribution in [0, 0.1) is 5.92 Å². The summed E-state index contributed by atoms with van der Waals surface area (Å²) in [6.45, 7) is 7.65. The first kappa shape index (κ1) is 15.6. The molecule has 0 fully saturated rings. The molecule has 106 valence electrons. The highest BCUT2D eigenvalue weighted by Crippen LogP contribution is 2.29. The van der Waals surface area contributed by atoms with Crippen LogP contribution < -0.4 is 15.2 Å². The molecule has 1 aromatic carbocycles. The van der Waals surface area contributed by atoms with Crippen molar-refractivity contribution < 1.29 is 9.47 Å². The summed E-state index contributed by atoms with van der Waals surface area (Å²) >= 11 is 0. The Bertz CT molecular complexity index is 425. The molecule has 0 aromatic heterocycles. The molecule has 0 amide bonds. The lowest BCUT2D eigenvalue weighted by Crippen LogP contribution is -2.08. The Balaban J connectivity index is 3.03. The van der Waals surface area contributed by atoms with Gasteiger partial charge in [-0.15, -0.1) is 0 Å². The molecule has 0 heterocycles. The van der Waals surface area contributed by atoms with Crippen LogP contribution in [0.1, 0.15) is 32.8 Å². The first-order valence-electron chi connectivity index (χ1n) is 6.83. The first-order chi connectivity index (χ1) is 9.12. The maximum Gasteiger partial charge on any atom is 0.161 e. The molecular formula is C16H25NO2. The van der Waals surface area contributed by atoms with Gasteiger partial charge in [0.25, 0.3) is 0 Å². The molecule has 0 saturated carbocycles. The molecule has 3 nitrogen and oxygen atoms in total. The number of methoxy groups -OCH3 is 1. The lowest BCUT2D eigenvalue weighted by molar-refractivity contribution is 0.294. The van der Waals surface area contributed by atoms with Gasteiger partial charge >= 0.3 is 0 Å². The minimum atomic E-state index is 0.451. The van der Waals surface area contributed by atoms with E-state index in [4.69, 9.17) is 15.2 Å². The summed E-state index contributed by atoms with van der Waals surface area (Å²) in [5.74, 6) is 2.01. The summed E-state index contributed by atoms with van der Waals surface area (Å²) in [5, 5.41) is 0. The van der Waals surface area contributed by atoms with E-state index in [-0.39, 0.29) is 0 Å². The SMILES string of the molecule is CCCOc1cc(C=C(CN)C(C)C)ccc1OC. The van der Waals surface area contributed by atoms with E-state index in [0.717, 1.165) is 23.5 Å². The minimum absolute atomic E-state index is 0.451. The Labute approximate surface area is 116 Å². The van der Waals surface area contributed by atoms with Crippen LogP contribution in [0.5, 0.6) is 11.5 Å². The van der Waals surface area contributed by atoms with Crippen molar-refractivity contribution >= 4 is 6.08 Å². The highest BCUT2D eigenvalue weighted by atomic mass is 16.5. The Hall–Kier alpha value is -1.48. The fourth-order valence-corrected chi connectivity index (χ4v) is 1.78. The third-order valence-corrected chi connectivity index (χ3v) is 2.98. The van der Waals surface area contributed by atoms with E-state index < -0.39 is 0 Å². The quantitative estimate of drug-likeness (QED) is 0.819. The van der Waals surface area contributed by atoms with Gasteiger partial charge in [0.05, 0.1) is 13.7 Å². The van der Waals surface area contributed by atoms with Crippen molar-refractivity contribution in [3.8, 4) is 11.5 Å². The van der Waals surface area contributed by atoms with Crippen molar-refractivity contribution in [3.05, 3.63) is 29.3 Å². The highest BCUT2D eigenvalue weighted by molar-refractivity contribution is 5.58. The number of benzene rings is 1. The van der Waals surface area contributed by atoms with E-state index in [9.17, 15) is 0 Å². The zero-order chi connectivity index (χ0) is 14.3. The van der Waals surface area contributed by atoms with Gasteiger partial charge in [-0.25, -0.2) is 0 Å². The van der Waals surface area contributed by atoms with Crippen LogP contribution in [-0.2, 0) is 0 Å². The fraction of sp³-hybridized carbons (Fsp3) is 0.500. The van der Waals surface area contributed by atoms with Crippen LogP contribution in [0.3, 0.4) is 0 Å². The van der Waals surface area contributed by atoms with E-state index in [0.29, 0.717) is 19.1 Å². The maximum atomic E-state index is 5.77. The van der Waals surface area contributed by atoms with Crippen molar-refractivity contribution in [2.75, 3.05) is 20.3 Å². The molecule has 2 N–H and O–H groups in total. The summed E-state index contributed by atoms with van der Waals surface area (Å²) < 4.78 is 11.0. The second kappa shape index (κ2) is 7.85. The normalized spacial score (nSPS) is 11.8. The van der Waals surface area contributed by atoms with Crippen LogP contribution in [0.15, 0.2) is 23.8 Å². The van der Waals surface area contributed by atoms with E-state index in [1.165, 1.54) is 5.57 Å². The number of hydrogen-bond acceptors (Lipinski definition) is 3. The Morgan fingerprint density at radius 1 is 1.32 bits per heavy atom. The Morgan fingerprint density at radius 3 is 2.58 bits per heavy atom. The molecule has 1 rings (SSSR count). The molecule has 0 aliphatic carbocycles. The third-order valence-electron chi connectivity index (χ3n) is 2.98. The molecule has 0 bridgehead atoms. The third kappa shape index (κ3) is 4.60. The number of rotatable bonds is 7. The Morgan fingerprint density at radius 2 is 2.05 bits per heavy atom. The van der Waals surface area contributed by atoms with Gasteiger partial charge in [-0.2, -0.15) is 0 Å². The van der Waals surface area contributed by atoms with Gasteiger partial charge in [0, 0.05) is 6.54 Å². The molecule has 3 heteroatoms. The van der Waals surface area contributed by atoms with E-state index >= 15 is 0 Å². The number of nitrogens with two attached hydrogens (primary N) is 1. The molecular weight excluding hydrogens is 238 g/mol. The average molecular weight is 263 g/mol. The smallest absolute Gasteiger partial charge is 0.161 e. The number of ether oxygens (including phenoxy) is 2. The van der Waals surface area contributed by atoms with E-state index in [1.54, 1.807) is 7.11 Å². The van der Waals surface area contributed by atoms with Crippen LogP contribution >= 0.6 is 0 Å². The minimum Gasteiger partial charge on any atom is -0.493 e. The molecule has 1 aromatic rings. The van der Waals surface area contributed by atoms with Crippen molar-refractivity contribution in [3.63, 3.8) is 0 Å². The molecule has 0 aliphatic rings. The number of hydrogen-bond donors (Lipinski definition) is 1. The van der Waals surface area contributed by atoms with Gasteiger partial charge in [0.2, 0.25) is 0 Å². The molecule has 19 heavy (non-hydrogen) atoms. The lowest BCUT2D eigenvalue weighted by atomic mass is 10.0. The zero-order valence-electron chi connectivity index (χ0n) is 12.4. The topological polar surface area (TPSA) is 44.5 Å².